The third kappa shape index (κ3) is 6.13. The number of carbonyl (C=O) groups excluding carboxylic acids is 1. The number of carbonyl (C=O) groups is 1. The molecule has 1 aliphatic heterocycles. The average Bonchev–Trinajstić information content (AvgIpc) is 2.88. The number of nitrogens with zero attached hydrogens (tertiary/aromatic N) is 3. The predicted octanol–water partition coefficient (Wildman–Crippen LogP) is 4.58. The van der Waals surface area contributed by atoms with Crippen molar-refractivity contribution in [1.29, 1.82) is 0 Å². The molecule has 2 heterocycles. The molecule has 0 radical (unpaired) electrons. The molecule has 1 amide bonds. The smallest absolute Gasteiger partial charge is 0.247 e. The fraction of sp³-hybridized carbons (Fsp3) is 0.269. The van der Waals surface area contributed by atoms with Crippen molar-refractivity contribution in [3.63, 3.8) is 0 Å². The van der Waals surface area contributed by atoms with Gasteiger partial charge in [-0.3, -0.25) is 4.79 Å². The first-order valence-electron chi connectivity index (χ1n) is 11.5. The van der Waals surface area contributed by atoms with Crippen molar-refractivity contribution in [1.82, 2.24) is 14.9 Å². The first-order chi connectivity index (χ1) is 17.3. The van der Waals surface area contributed by atoms with Crippen LogP contribution in [0.25, 0.3) is 0 Å². The molecule has 0 saturated carbocycles. The Morgan fingerprint density at radius 2 is 2.03 bits per heavy atom. The standard InChI is InChI=1S/C26H28ClN4O4P/c1-4-25(32)29-19-6-5-7-20(15-19)35-26-22(27)17-28-24(30-26)14-18-8-9-21(16-23(18)34-3)36(33)12-10-31(2)11-13-36/h4-9,15-17H,1,10-14H2,2-3H3,(H,29,32). The van der Waals surface area contributed by atoms with Crippen LogP contribution >= 0.6 is 18.7 Å². The fourth-order valence-electron chi connectivity index (χ4n) is 3.93. The van der Waals surface area contributed by atoms with Crippen molar-refractivity contribution in [2.45, 2.75) is 6.42 Å². The van der Waals surface area contributed by atoms with Crippen LogP contribution in [-0.4, -0.2) is 60.3 Å². The van der Waals surface area contributed by atoms with Gasteiger partial charge in [0, 0.05) is 54.5 Å². The molecule has 4 rings (SSSR count). The maximum atomic E-state index is 13.5. The monoisotopic (exact) mass is 526 g/mol. The Labute approximate surface area is 215 Å². The summed E-state index contributed by atoms with van der Waals surface area (Å²) < 4.78 is 25.0. The number of halogens is 1. The SMILES string of the molecule is C=CC(=O)Nc1cccc(Oc2nc(Cc3ccc(P4(=O)CCN(C)CC4)cc3OC)ncc2Cl)c1. The van der Waals surface area contributed by atoms with E-state index in [1.165, 1.54) is 12.3 Å². The van der Waals surface area contributed by atoms with Crippen LogP contribution in [-0.2, 0) is 15.8 Å². The molecule has 2 aromatic carbocycles. The highest BCUT2D eigenvalue weighted by Crippen LogP contribution is 2.46. The number of rotatable bonds is 8. The topological polar surface area (TPSA) is 93.6 Å². The van der Waals surface area contributed by atoms with Crippen LogP contribution in [0.3, 0.4) is 0 Å². The van der Waals surface area contributed by atoms with Gasteiger partial charge in [0.1, 0.15) is 29.5 Å². The number of hydrogen-bond acceptors (Lipinski definition) is 7. The summed E-state index contributed by atoms with van der Waals surface area (Å²) in [5, 5.41) is 3.78. The lowest BCUT2D eigenvalue weighted by atomic mass is 10.1. The molecule has 0 spiro atoms. The van der Waals surface area contributed by atoms with Crippen molar-refractivity contribution in [3.8, 4) is 17.4 Å². The molecular formula is C26H28ClN4O4P. The summed E-state index contributed by atoms with van der Waals surface area (Å²) in [7, 11) is 1.21. The normalized spacial score (nSPS) is 15.2. The number of hydrogen-bond donors (Lipinski definition) is 1. The molecule has 3 aromatic rings. The summed E-state index contributed by atoms with van der Waals surface area (Å²) >= 11 is 6.29. The van der Waals surface area contributed by atoms with E-state index in [1.54, 1.807) is 31.4 Å². The van der Waals surface area contributed by atoms with Crippen molar-refractivity contribution < 1.29 is 18.8 Å². The Bertz CT molecular complexity index is 1320. The molecule has 0 unspecified atom stereocenters. The van der Waals surface area contributed by atoms with Gasteiger partial charge < -0.3 is 24.3 Å². The first-order valence-corrected chi connectivity index (χ1v) is 13.9. The Morgan fingerprint density at radius 1 is 1.25 bits per heavy atom. The zero-order valence-corrected chi connectivity index (χ0v) is 21.9. The van der Waals surface area contributed by atoms with Gasteiger partial charge in [0.25, 0.3) is 0 Å². The average molecular weight is 527 g/mol. The lowest BCUT2D eigenvalue weighted by molar-refractivity contribution is -0.111. The van der Waals surface area contributed by atoms with E-state index in [0.29, 0.717) is 41.8 Å². The molecule has 1 saturated heterocycles. The van der Waals surface area contributed by atoms with Crippen LogP contribution in [0.15, 0.2) is 61.3 Å². The number of ether oxygens (including phenoxy) is 2. The van der Waals surface area contributed by atoms with E-state index in [1.807, 2.05) is 18.2 Å². The first kappa shape index (κ1) is 25.9. The Kier molecular flexibility index (Phi) is 8.09. The van der Waals surface area contributed by atoms with Gasteiger partial charge >= 0.3 is 0 Å². The van der Waals surface area contributed by atoms with Gasteiger partial charge in [-0.05, 0) is 31.3 Å². The summed E-state index contributed by atoms with van der Waals surface area (Å²) in [5.41, 5.74) is 1.42. The number of benzene rings is 2. The quantitative estimate of drug-likeness (QED) is 0.339. The van der Waals surface area contributed by atoms with Gasteiger partial charge in [0.05, 0.1) is 13.3 Å². The largest absolute Gasteiger partial charge is 0.496 e. The van der Waals surface area contributed by atoms with Crippen LogP contribution in [0.1, 0.15) is 11.4 Å². The molecule has 1 N–H and O–H groups in total. The fourth-order valence-corrected chi connectivity index (χ4v) is 6.83. The second kappa shape index (κ2) is 11.2. The molecule has 1 aromatic heterocycles. The molecule has 1 fully saturated rings. The minimum absolute atomic E-state index is 0.195. The van der Waals surface area contributed by atoms with E-state index in [9.17, 15) is 9.36 Å². The van der Waals surface area contributed by atoms with Crippen LogP contribution in [0, 0.1) is 0 Å². The number of aromatic nitrogens is 2. The van der Waals surface area contributed by atoms with Crippen LogP contribution < -0.4 is 20.1 Å². The lowest BCUT2D eigenvalue weighted by Gasteiger charge is -2.30. The van der Waals surface area contributed by atoms with E-state index >= 15 is 0 Å². The van der Waals surface area contributed by atoms with Gasteiger partial charge in [-0.25, -0.2) is 4.98 Å². The zero-order chi connectivity index (χ0) is 25.7. The highest BCUT2D eigenvalue weighted by atomic mass is 35.5. The van der Waals surface area contributed by atoms with Crippen LogP contribution in [0.4, 0.5) is 5.69 Å². The number of anilines is 1. The third-order valence-electron chi connectivity index (χ3n) is 6.04. The molecule has 10 heteroatoms. The highest BCUT2D eigenvalue weighted by molar-refractivity contribution is 7.71. The van der Waals surface area contributed by atoms with Crippen LogP contribution in [0.5, 0.6) is 17.4 Å². The van der Waals surface area contributed by atoms with E-state index in [-0.39, 0.29) is 16.8 Å². The third-order valence-corrected chi connectivity index (χ3v) is 9.36. The molecule has 1 aliphatic rings. The Hall–Kier alpha value is -3.19. The summed E-state index contributed by atoms with van der Waals surface area (Å²) in [5.74, 6) is 1.46. The maximum absolute atomic E-state index is 13.5. The zero-order valence-electron chi connectivity index (χ0n) is 20.2. The lowest BCUT2D eigenvalue weighted by Crippen LogP contribution is -2.34. The van der Waals surface area contributed by atoms with Crippen molar-refractivity contribution in [2.24, 2.45) is 0 Å². The molecule has 0 aliphatic carbocycles. The number of nitrogens with one attached hydrogen (secondary N) is 1. The second-order valence-electron chi connectivity index (χ2n) is 8.58. The van der Waals surface area contributed by atoms with Crippen molar-refractivity contribution in [2.75, 3.05) is 44.9 Å². The summed E-state index contributed by atoms with van der Waals surface area (Å²) in [6.07, 6.45) is 4.39. The summed E-state index contributed by atoms with van der Waals surface area (Å²) in [4.78, 5) is 22.6. The Morgan fingerprint density at radius 3 is 2.75 bits per heavy atom. The van der Waals surface area contributed by atoms with Gasteiger partial charge in [0.2, 0.25) is 11.8 Å². The minimum Gasteiger partial charge on any atom is -0.496 e. The van der Waals surface area contributed by atoms with E-state index in [4.69, 9.17) is 21.1 Å². The van der Waals surface area contributed by atoms with Gasteiger partial charge in [-0.1, -0.05) is 36.4 Å². The molecule has 8 nitrogen and oxygen atoms in total. The van der Waals surface area contributed by atoms with Gasteiger partial charge in [-0.15, -0.1) is 0 Å². The van der Waals surface area contributed by atoms with Gasteiger partial charge in [-0.2, -0.15) is 4.98 Å². The van der Waals surface area contributed by atoms with Crippen molar-refractivity contribution in [3.05, 3.63) is 77.7 Å². The number of methoxy groups -OCH3 is 1. The molecule has 188 valence electrons. The van der Waals surface area contributed by atoms with E-state index in [0.717, 1.165) is 24.0 Å². The summed E-state index contributed by atoms with van der Waals surface area (Å²) in [6, 6.07) is 12.6. The maximum Gasteiger partial charge on any atom is 0.247 e. The highest BCUT2D eigenvalue weighted by Gasteiger charge is 2.30. The summed E-state index contributed by atoms with van der Waals surface area (Å²) in [6.45, 7) is 5.10. The number of amides is 1. The Balaban J connectivity index is 1.53. The van der Waals surface area contributed by atoms with Crippen LogP contribution in [0.2, 0.25) is 5.02 Å². The molecule has 0 bridgehead atoms. The molecule has 0 atom stereocenters. The molecular weight excluding hydrogens is 499 g/mol. The van der Waals surface area contributed by atoms with Crippen molar-refractivity contribution >= 4 is 35.6 Å². The minimum atomic E-state index is -2.44. The van der Waals surface area contributed by atoms with E-state index < -0.39 is 7.14 Å². The molecule has 36 heavy (non-hydrogen) atoms. The van der Waals surface area contributed by atoms with Gasteiger partial charge in [0.15, 0.2) is 0 Å². The van der Waals surface area contributed by atoms with E-state index in [2.05, 4.69) is 33.8 Å². The predicted molar refractivity (Wildman–Crippen MR) is 143 cm³/mol. The second-order valence-corrected chi connectivity index (χ2v) is 12.2.